The number of hydrogen-bond acceptors (Lipinski definition) is 4. The molecule has 0 aromatic carbocycles. The van der Waals surface area contributed by atoms with Crippen LogP contribution in [0.5, 0.6) is 0 Å². The van der Waals surface area contributed by atoms with Gasteiger partial charge in [0.2, 0.25) is 0 Å². The molecule has 0 bridgehead atoms. The normalized spacial score (nSPS) is 18.4. The van der Waals surface area contributed by atoms with Gasteiger partial charge in [-0.15, -0.1) is 0 Å². The van der Waals surface area contributed by atoms with E-state index in [1.807, 2.05) is 6.92 Å². The quantitative estimate of drug-likeness (QED) is 0.310. The second kappa shape index (κ2) is 5.62. The predicted molar refractivity (Wildman–Crippen MR) is 53.6 cm³/mol. The molecule has 0 atom stereocenters. The number of esters is 2. The van der Waals surface area contributed by atoms with Crippen LogP contribution >= 0.6 is 0 Å². The van der Waals surface area contributed by atoms with Gasteiger partial charge in [0.25, 0.3) is 5.79 Å². The largest absolute Gasteiger partial charge is 0.419 e. The molecular formula is C11H15O4W-. The summed E-state index contributed by atoms with van der Waals surface area (Å²) in [4.78, 5) is 23.1. The maximum atomic E-state index is 11.6. The Labute approximate surface area is 110 Å². The zero-order chi connectivity index (χ0) is 11.6. The molecule has 0 aliphatic carbocycles. The Morgan fingerprint density at radius 3 is 2.00 bits per heavy atom. The van der Waals surface area contributed by atoms with E-state index in [1.54, 1.807) is 0 Å². The molecule has 1 aliphatic rings. The summed E-state index contributed by atoms with van der Waals surface area (Å²) < 4.78 is 9.95. The topological polar surface area (TPSA) is 52.6 Å². The maximum absolute atomic E-state index is 11.6. The molecule has 0 spiro atoms. The van der Waals surface area contributed by atoms with E-state index >= 15 is 0 Å². The molecular weight excluding hydrogens is 380 g/mol. The van der Waals surface area contributed by atoms with Crippen LogP contribution in [0.3, 0.4) is 0 Å². The molecule has 1 saturated heterocycles. The molecule has 1 fully saturated rings. The molecule has 0 saturated carbocycles. The summed E-state index contributed by atoms with van der Waals surface area (Å²) in [5.41, 5.74) is 0.673. The minimum absolute atomic E-state index is 0. The Bertz CT molecular complexity index is 303. The summed E-state index contributed by atoms with van der Waals surface area (Å²) in [6.07, 6.45) is 0.986. The van der Waals surface area contributed by atoms with Crippen LogP contribution in [0.1, 0.15) is 33.6 Å². The van der Waals surface area contributed by atoms with Crippen molar-refractivity contribution in [1.29, 1.82) is 0 Å². The van der Waals surface area contributed by atoms with Crippen molar-refractivity contribution in [2.45, 2.75) is 39.4 Å². The van der Waals surface area contributed by atoms with E-state index in [4.69, 9.17) is 9.47 Å². The van der Waals surface area contributed by atoms with Crippen molar-refractivity contribution in [1.82, 2.24) is 0 Å². The van der Waals surface area contributed by atoms with Crippen LogP contribution in [0.15, 0.2) is 11.1 Å². The number of allylic oxidation sites excluding steroid dienone is 1. The molecule has 5 heteroatoms. The second-order valence-corrected chi connectivity index (χ2v) is 3.76. The smallest absolute Gasteiger partial charge is 0.348 e. The fraction of sp³-hybridized carbons (Fsp3) is 0.545. The van der Waals surface area contributed by atoms with E-state index in [0.29, 0.717) is 18.4 Å². The number of cyclic esters (lactones) is 2. The van der Waals surface area contributed by atoms with Crippen molar-refractivity contribution in [2.24, 2.45) is 0 Å². The summed E-state index contributed by atoms with van der Waals surface area (Å²) in [7, 11) is 0. The van der Waals surface area contributed by atoms with Gasteiger partial charge in [0.1, 0.15) is 5.57 Å². The first-order chi connectivity index (χ1) is 6.91. The first kappa shape index (κ1) is 15.4. The van der Waals surface area contributed by atoms with Crippen molar-refractivity contribution in [3.05, 3.63) is 18.1 Å². The van der Waals surface area contributed by atoms with Crippen molar-refractivity contribution in [2.75, 3.05) is 0 Å². The van der Waals surface area contributed by atoms with E-state index in [1.165, 1.54) is 13.8 Å². The van der Waals surface area contributed by atoms with Crippen molar-refractivity contribution < 1.29 is 40.1 Å². The number of carbonyl (C=O) groups is 2. The Morgan fingerprint density at radius 2 is 1.69 bits per heavy atom. The summed E-state index contributed by atoms with van der Waals surface area (Å²) in [6, 6.07) is 0. The van der Waals surface area contributed by atoms with Crippen LogP contribution in [-0.4, -0.2) is 17.7 Å². The number of ether oxygens (including phenoxy) is 2. The van der Waals surface area contributed by atoms with Gasteiger partial charge in [-0.2, -0.15) is 6.42 Å². The van der Waals surface area contributed by atoms with Gasteiger partial charge in [-0.1, -0.05) is 12.5 Å². The molecule has 1 heterocycles. The van der Waals surface area contributed by atoms with Gasteiger partial charge in [0, 0.05) is 34.9 Å². The third-order valence-electron chi connectivity index (χ3n) is 2.17. The standard InChI is InChI=1S/C11H15O4.W/c1-5-7(6-2)8-9(12)14-11(3,4)15-10(8)13;/h1,5-6H2,2-4H3;/q-1;. The number of rotatable bonds is 2. The van der Waals surface area contributed by atoms with E-state index in [2.05, 4.69) is 6.92 Å². The molecule has 16 heavy (non-hydrogen) atoms. The second-order valence-electron chi connectivity index (χ2n) is 3.76. The van der Waals surface area contributed by atoms with Crippen molar-refractivity contribution in [3.63, 3.8) is 0 Å². The molecule has 0 radical (unpaired) electrons. The van der Waals surface area contributed by atoms with Crippen molar-refractivity contribution >= 4 is 11.9 Å². The molecule has 0 aromatic rings. The molecule has 0 aromatic heterocycles. The van der Waals surface area contributed by atoms with Crippen LogP contribution in [0.2, 0.25) is 0 Å². The zero-order valence-electron chi connectivity index (χ0n) is 9.66. The van der Waals surface area contributed by atoms with E-state index in [0.717, 1.165) is 0 Å². The molecule has 1 aliphatic heterocycles. The minimum Gasteiger partial charge on any atom is -0.419 e. The van der Waals surface area contributed by atoms with Crippen molar-refractivity contribution in [3.8, 4) is 0 Å². The Morgan fingerprint density at radius 1 is 1.25 bits per heavy atom. The number of hydrogen-bond donors (Lipinski definition) is 0. The maximum Gasteiger partial charge on any atom is 0.348 e. The summed E-state index contributed by atoms with van der Waals surface area (Å²) in [5, 5.41) is 0. The minimum atomic E-state index is -1.17. The van der Waals surface area contributed by atoms with Gasteiger partial charge in [0.05, 0.1) is 0 Å². The SMILES string of the molecule is [CH2-]CC(CC)=C1C(=O)OC(C)(C)OC1=O.[W]. The summed E-state index contributed by atoms with van der Waals surface area (Å²) in [5.74, 6) is -2.40. The van der Waals surface area contributed by atoms with Crippen LogP contribution in [0.25, 0.3) is 0 Å². The Kier molecular flexibility index (Phi) is 5.40. The predicted octanol–water partition coefficient (Wildman–Crippen LogP) is 1.75. The van der Waals surface area contributed by atoms with E-state index in [-0.39, 0.29) is 26.6 Å². The molecule has 1 rings (SSSR count). The van der Waals surface area contributed by atoms with Crippen LogP contribution in [-0.2, 0) is 40.1 Å². The van der Waals surface area contributed by atoms with Gasteiger partial charge in [-0.05, 0) is 6.42 Å². The molecule has 0 amide bonds. The van der Waals surface area contributed by atoms with Crippen LogP contribution in [0, 0.1) is 6.92 Å². The molecule has 0 unspecified atom stereocenters. The van der Waals surface area contributed by atoms with Gasteiger partial charge >= 0.3 is 11.9 Å². The first-order valence-corrected chi connectivity index (χ1v) is 4.89. The number of carbonyl (C=O) groups excluding carboxylic acids is 2. The average molecular weight is 395 g/mol. The van der Waals surface area contributed by atoms with Gasteiger partial charge < -0.3 is 16.4 Å². The molecule has 0 N–H and O–H groups in total. The fourth-order valence-electron chi connectivity index (χ4n) is 1.42. The molecule has 4 nitrogen and oxygen atoms in total. The van der Waals surface area contributed by atoms with E-state index < -0.39 is 17.7 Å². The third kappa shape index (κ3) is 3.18. The molecule has 90 valence electrons. The van der Waals surface area contributed by atoms with Crippen LogP contribution < -0.4 is 0 Å². The monoisotopic (exact) mass is 395 g/mol. The van der Waals surface area contributed by atoms with Gasteiger partial charge in [-0.3, -0.25) is 0 Å². The summed E-state index contributed by atoms with van der Waals surface area (Å²) >= 11 is 0. The summed E-state index contributed by atoms with van der Waals surface area (Å²) in [6.45, 7) is 8.57. The van der Waals surface area contributed by atoms with E-state index in [9.17, 15) is 9.59 Å². The fourth-order valence-corrected chi connectivity index (χ4v) is 1.42. The Balaban J connectivity index is 0.00000225. The third-order valence-corrected chi connectivity index (χ3v) is 2.17. The zero-order valence-corrected chi connectivity index (χ0v) is 12.6. The first-order valence-electron chi connectivity index (χ1n) is 4.89. The Hall–Kier alpha value is -0.632. The van der Waals surface area contributed by atoms with Crippen LogP contribution in [0.4, 0.5) is 0 Å². The van der Waals surface area contributed by atoms with Gasteiger partial charge in [0.15, 0.2) is 0 Å². The average Bonchev–Trinajstić information content (AvgIpc) is 2.09. The van der Waals surface area contributed by atoms with Gasteiger partial charge in [-0.25, -0.2) is 9.59 Å².